The first-order valence-corrected chi connectivity index (χ1v) is 45.3. The highest BCUT2D eigenvalue weighted by molar-refractivity contribution is 7.47. The fraction of sp³-hybridized carbons (Fsp3) is 0.951. The van der Waals surface area contributed by atoms with Crippen LogP contribution < -0.4 is 0 Å². The van der Waals surface area contributed by atoms with Crippen LogP contribution in [-0.4, -0.2) is 96.7 Å². The van der Waals surface area contributed by atoms with Crippen molar-refractivity contribution >= 4 is 39.5 Å². The van der Waals surface area contributed by atoms with E-state index >= 15 is 0 Å². The number of hydrogen-bond acceptors (Lipinski definition) is 15. The maximum absolute atomic E-state index is 13.1. The Hall–Kier alpha value is -1.94. The van der Waals surface area contributed by atoms with Gasteiger partial charge in [0.1, 0.15) is 19.3 Å². The second-order valence-corrected chi connectivity index (χ2v) is 33.6. The third-order valence-electron chi connectivity index (χ3n) is 20.2. The molecule has 0 aromatic carbocycles. The summed E-state index contributed by atoms with van der Waals surface area (Å²) in [6, 6.07) is 0. The summed E-state index contributed by atoms with van der Waals surface area (Å²) in [7, 11) is -9.92. The summed E-state index contributed by atoms with van der Waals surface area (Å²) in [6.07, 6.45) is 58.3. The zero-order valence-electron chi connectivity index (χ0n) is 66.5. The molecule has 0 spiro atoms. The molecule has 19 heteroatoms. The van der Waals surface area contributed by atoms with Crippen LogP contribution in [0.25, 0.3) is 0 Å². The maximum atomic E-state index is 13.1. The van der Waals surface area contributed by atoms with Gasteiger partial charge in [-0.2, -0.15) is 0 Å². The Balaban J connectivity index is 5.20. The van der Waals surface area contributed by atoms with Gasteiger partial charge in [0.05, 0.1) is 26.4 Å². The van der Waals surface area contributed by atoms with E-state index in [1.54, 1.807) is 0 Å². The Morgan fingerprint density at radius 2 is 0.475 bits per heavy atom. The molecule has 0 amide bonds. The number of phosphoric ester groups is 2. The molecule has 600 valence electrons. The molecular weight excluding hydrogens is 1320 g/mol. The predicted octanol–water partition coefficient (Wildman–Crippen LogP) is 24.4. The van der Waals surface area contributed by atoms with E-state index in [4.69, 9.17) is 37.0 Å². The minimum atomic E-state index is -4.96. The van der Waals surface area contributed by atoms with Gasteiger partial charge in [0.25, 0.3) is 0 Å². The van der Waals surface area contributed by atoms with Gasteiger partial charge < -0.3 is 33.8 Å². The Morgan fingerprint density at radius 3 is 0.703 bits per heavy atom. The minimum absolute atomic E-state index is 0.106. The number of aliphatic hydroxyl groups is 1. The zero-order valence-corrected chi connectivity index (χ0v) is 68.3. The lowest BCUT2D eigenvalue weighted by Gasteiger charge is -2.21. The smallest absolute Gasteiger partial charge is 0.462 e. The van der Waals surface area contributed by atoms with Crippen LogP contribution in [0.3, 0.4) is 0 Å². The number of ether oxygens (including phenoxy) is 4. The normalized spacial score (nSPS) is 14.8. The number of phosphoric acid groups is 2. The van der Waals surface area contributed by atoms with Crippen LogP contribution in [-0.2, 0) is 65.4 Å². The second kappa shape index (κ2) is 71.0. The molecule has 0 aliphatic carbocycles. The molecule has 0 fully saturated rings. The monoisotopic (exact) mass is 1480 g/mol. The van der Waals surface area contributed by atoms with E-state index < -0.39 is 97.5 Å². The first-order valence-electron chi connectivity index (χ1n) is 42.3. The van der Waals surface area contributed by atoms with Crippen molar-refractivity contribution in [3.63, 3.8) is 0 Å². The van der Waals surface area contributed by atoms with Crippen molar-refractivity contribution in [1.82, 2.24) is 0 Å². The Kier molecular flexibility index (Phi) is 69.6. The molecule has 0 aliphatic heterocycles. The third-order valence-corrected chi connectivity index (χ3v) is 22.1. The van der Waals surface area contributed by atoms with Crippen LogP contribution >= 0.6 is 15.6 Å². The maximum Gasteiger partial charge on any atom is 0.472 e. The fourth-order valence-electron chi connectivity index (χ4n) is 12.5. The van der Waals surface area contributed by atoms with Crippen LogP contribution in [0.5, 0.6) is 0 Å². The van der Waals surface area contributed by atoms with Crippen molar-refractivity contribution in [2.45, 2.75) is 440 Å². The van der Waals surface area contributed by atoms with Gasteiger partial charge in [-0.05, 0) is 49.4 Å². The molecule has 17 nitrogen and oxygen atoms in total. The van der Waals surface area contributed by atoms with E-state index in [-0.39, 0.29) is 25.7 Å². The topological polar surface area (TPSA) is 237 Å². The van der Waals surface area contributed by atoms with E-state index in [0.717, 1.165) is 120 Å². The average Bonchev–Trinajstić information content (AvgIpc) is 1.05. The van der Waals surface area contributed by atoms with Crippen molar-refractivity contribution in [3.8, 4) is 0 Å². The number of carbonyl (C=O) groups is 4. The molecule has 0 aromatic heterocycles. The van der Waals surface area contributed by atoms with E-state index in [9.17, 15) is 43.2 Å². The van der Waals surface area contributed by atoms with Crippen LogP contribution in [0.4, 0.5) is 0 Å². The first kappa shape index (κ1) is 99.1. The fourth-order valence-corrected chi connectivity index (χ4v) is 14.1. The summed E-state index contributed by atoms with van der Waals surface area (Å²) in [5.41, 5.74) is 0. The molecule has 0 saturated carbocycles. The average molecular weight is 1480 g/mol. The van der Waals surface area contributed by atoms with Gasteiger partial charge in [0.15, 0.2) is 12.2 Å². The van der Waals surface area contributed by atoms with E-state index in [1.165, 1.54) is 218 Å². The summed E-state index contributed by atoms with van der Waals surface area (Å²) in [4.78, 5) is 73.0. The number of hydrogen-bond donors (Lipinski definition) is 3. The van der Waals surface area contributed by atoms with Crippen molar-refractivity contribution in [2.24, 2.45) is 23.7 Å². The number of rotatable bonds is 79. The lowest BCUT2D eigenvalue weighted by molar-refractivity contribution is -0.161. The summed E-state index contributed by atoms with van der Waals surface area (Å²) < 4.78 is 68.7. The largest absolute Gasteiger partial charge is 0.472 e. The van der Waals surface area contributed by atoms with Gasteiger partial charge >= 0.3 is 39.5 Å². The summed E-state index contributed by atoms with van der Waals surface area (Å²) >= 11 is 0. The van der Waals surface area contributed by atoms with Gasteiger partial charge in [-0.25, -0.2) is 9.13 Å². The molecule has 0 aliphatic rings. The van der Waals surface area contributed by atoms with Crippen LogP contribution in [0.1, 0.15) is 421 Å². The van der Waals surface area contributed by atoms with Gasteiger partial charge in [-0.1, -0.05) is 370 Å². The molecule has 0 saturated heterocycles. The van der Waals surface area contributed by atoms with Crippen LogP contribution in [0.15, 0.2) is 0 Å². The Labute approximate surface area is 619 Å². The summed E-state index contributed by atoms with van der Waals surface area (Å²) in [5.74, 6) is 1.07. The van der Waals surface area contributed by atoms with E-state index in [1.807, 2.05) is 0 Å². The molecule has 0 heterocycles. The van der Waals surface area contributed by atoms with Gasteiger partial charge in [0, 0.05) is 25.7 Å². The zero-order chi connectivity index (χ0) is 74.6. The van der Waals surface area contributed by atoms with Gasteiger partial charge in [0.2, 0.25) is 0 Å². The molecule has 0 rings (SSSR count). The van der Waals surface area contributed by atoms with Crippen molar-refractivity contribution in [3.05, 3.63) is 0 Å². The number of carbonyl (C=O) groups excluding carboxylic acids is 4. The molecule has 0 radical (unpaired) electrons. The standard InChI is InChI=1S/C82H160O17P2/c1-9-73(6)59-51-43-35-29-23-18-16-14-12-13-15-17-19-24-31-37-46-54-62-79(84)92-68-77(98-82(87)65-57-49-39-33-27-26-30-36-44-52-60-74(7)10-2)70-96-100(88,89)94-66-76(83)67-95-101(90,91)97-71-78(69-93-80(85)63-55-47-41-40-45-53-61-75(8)11-3)99-81(86)64-56-48-38-32-25-21-20-22-28-34-42-50-58-72(4)5/h72-78,83H,9-71H2,1-8H3,(H,88,89)(H,90,91)/t73?,74?,75?,76-,77-,78-/m1/s1. The summed E-state index contributed by atoms with van der Waals surface area (Å²) in [5, 5.41) is 10.6. The Bertz CT molecular complexity index is 1980. The summed E-state index contributed by atoms with van der Waals surface area (Å²) in [6.45, 7) is 14.3. The molecule has 0 bridgehead atoms. The first-order chi connectivity index (χ1) is 48.7. The number of esters is 4. The molecule has 5 unspecified atom stereocenters. The van der Waals surface area contributed by atoms with E-state index in [0.29, 0.717) is 25.7 Å². The lowest BCUT2D eigenvalue weighted by Crippen LogP contribution is -2.30. The van der Waals surface area contributed by atoms with Crippen molar-refractivity contribution < 1.29 is 80.2 Å². The highest BCUT2D eigenvalue weighted by atomic mass is 31.2. The Morgan fingerprint density at radius 1 is 0.277 bits per heavy atom. The number of aliphatic hydroxyl groups excluding tert-OH is 1. The third kappa shape index (κ3) is 72.1. The van der Waals surface area contributed by atoms with E-state index in [2.05, 4.69) is 55.4 Å². The molecule has 8 atom stereocenters. The lowest BCUT2D eigenvalue weighted by atomic mass is 9.99. The highest BCUT2D eigenvalue weighted by Crippen LogP contribution is 2.45. The second-order valence-electron chi connectivity index (χ2n) is 30.7. The van der Waals surface area contributed by atoms with Gasteiger partial charge in [-0.3, -0.25) is 37.3 Å². The molecule has 3 N–H and O–H groups in total. The van der Waals surface area contributed by atoms with Crippen LogP contribution in [0.2, 0.25) is 0 Å². The molecular formula is C82H160O17P2. The SMILES string of the molecule is CCC(C)CCCCCCCCCCCCCCCCCCCCC(=O)OC[C@H](COP(=O)(O)OC[C@@H](O)COP(=O)(O)OC[C@@H](COC(=O)CCCCCCCCC(C)CC)OC(=O)CCCCCCCCCCCCCCC(C)C)OC(=O)CCCCCCCCCCCCC(C)CC. The van der Waals surface area contributed by atoms with Crippen molar-refractivity contribution in [2.75, 3.05) is 39.6 Å². The molecule has 101 heavy (non-hydrogen) atoms. The van der Waals surface area contributed by atoms with Crippen LogP contribution in [0, 0.1) is 23.7 Å². The molecule has 0 aromatic rings. The van der Waals surface area contributed by atoms with Crippen molar-refractivity contribution in [1.29, 1.82) is 0 Å². The predicted molar refractivity (Wildman–Crippen MR) is 414 cm³/mol. The highest BCUT2D eigenvalue weighted by Gasteiger charge is 2.30. The quantitative estimate of drug-likeness (QED) is 0.0222. The number of unbranched alkanes of at least 4 members (excludes halogenated alkanes) is 42. The van der Waals surface area contributed by atoms with Gasteiger partial charge in [-0.15, -0.1) is 0 Å². The minimum Gasteiger partial charge on any atom is -0.462 e.